The van der Waals surface area contributed by atoms with Crippen molar-refractivity contribution >= 4 is 10.8 Å². The fourth-order valence-corrected chi connectivity index (χ4v) is 5.77. The third-order valence-corrected chi connectivity index (χ3v) is 6.77. The second-order valence-electron chi connectivity index (χ2n) is 6.14. The van der Waals surface area contributed by atoms with Crippen LogP contribution in [0.5, 0.6) is 0 Å². The smallest absolute Gasteiger partial charge is 0.385 e. The lowest BCUT2D eigenvalue weighted by atomic mass is 9.80. The Kier molecular flexibility index (Phi) is 3.84. The zero-order valence-electron chi connectivity index (χ0n) is 11.7. The summed E-state index contributed by atoms with van der Waals surface area (Å²) in [6.45, 7) is 0. The number of hydrogen-bond donors (Lipinski definition) is 1. The molecular formula is C15H16F4O2S. The van der Waals surface area contributed by atoms with Crippen LogP contribution in [0, 0.1) is 5.82 Å². The average Bonchev–Trinajstić information content (AvgIpc) is 2.40. The van der Waals surface area contributed by atoms with Crippen molar-refractivity contribution in [2.45, 2.75) is 54.4 Å². The van der Waals surface area contributed by atoms with Gasteiger partial charge in [0.15, 0.2) is 0 Å². The Labute approximate surface area is 128 Å². The highest BCUT2D eigenvalue weighted by atomic mass is 32.2. The lowest BCUT2D eigenvalue weighted by Gasteiger charge is -2.44. The summed E-state index contributed by atoms with van der Waals surface area (Å²) in [6.07, 6.45) is -2.13. The summed E-state index contributed by atoms with van der Waals surface area (Å²) in [5, 5.41) is 10.4. The number of benzene rings is 1. The SMILES string of the molecule is O=S1C2CCCC1CC(O)(c1ccc(F)c(C(F)(F)F)c1)C2. The minimum absolute atomic E-state index is 0.0647. The molecule has 3 rings (SSSR count). The maximum Gasteiger partial charge on any atom is 0.419 e. The van der Waals surface area contributed by atoms with Crippen molar-refractivity contribution in [3.8, 4) is 0 Å². The molecule has 2 fully saturated rings. The Morgan fingerprint density at radius 2 is 1.77 bits per heavy atom. The van der Waals surface area contributed by atoms with Crippen molar-refractivity contribution in [1.82, 2.24) is 0 Å². The Bertz CT molecular complexity index is 598. The first-order valence-corrected chi connectivity index (χ1v) is 8.47. The zero-order valence-corrected chi connectivity index (χ0v) is 12.5. The third kappa shape index (κ3) is 2.69. The zero-order chi connectivity index (χ0) is 16.1. The van der Waals surface area contributed by atoms with E-state index in [0.29, 0.717) is 18.9 Å². The first kappa shape index (κ1) is 15.9. The topological polar surface area (TPSA) is 37.3 Å². The van der Waals surface area contributed by atoms with Crippen LogP contribution in [-0.2, 0) is 22.6 Å². The minimum Gasteiger partial charge on any atom is -0.385 e. The van der Waals surface area contributed by atoms with Gasteiger partial charge < -0.3 is 5.11 Å². The molecule has 2 aliphatic rings. The second kappa shape index (κ2) is 5.30. The van der Waals surface area contributed by atoms with E-state index in [0.717, 1.165) is 12.5 Å². The van der Waals surface area contributed by atoms with Crippen molar-refractivity contribution in [2.75, 3.05) is 0 Å². The van der Waals surface area contributed by atoms with E-state index >= 15 is 0 Å². The molecule has 0 spiro atoms. The maximum atomic E-state index is 13.4. The van der Waals surface area contributed by atoms with Gasteiger partial charge >= 0.3 is 6.18 Å². The summed E-state index contributed by atoms with van der Waals surface area (Å²) >= 11 is 0. The third-order valence-electron chi connectivity index (χ3n) is 4.65. The van der Waals surface area contributed by atoms with Gasteiger partial charge in [0, 0.05) is 21.3 Å². The van der Waals surface area contributed by atoms with Gasteiger partial charge in [0.2, 0.25) is 0 Å². The number of fused-ring (bicyclic) bond motifs is 2. The van der Waals surface area contributed by atoms with Gasteiger partial charge in [0.25, 0.3) is 0 Å². The average molecular weight is 336 g/mol. The van der Waals surface area contributed by atoms with E-state index in [2.05, 4.69) is 0 Å². The summed E-state index contributed by atoms with van der Waals surface area (Å²) in [5.74, 6) is -1.35. The van der Waals surface area contributed by atoms with Crippen molar-refractivity contribution in [2.24, 2.45) is 0 Å². The second-order valence-corrected chi connectivity index (χ2v) is 8.13. The molecule has 122 valence electrons. The van der Waals surface area contributed by atoms with E-state index in [1.54, 1.807) is 0 Å². The van der Waals surface area contributed by atoms with Gasteiger partial charge in [-0.05, 0) is 43.4 Å². The van der Waals surface area contributed by atoms with E-state index in [4.69, 9.17) is 0 Å². The molecule has 0 amide bonds. The summed E-state index contributed by atoms with van der Waals surface area (Å²) in [5.41, 5.74) is -2.76. The van der Waals surface area contributed by atoms with Gasteiger partial charge in [-0.1, -0.05) is 12.5 Å². The van der Waals surface area contributed by atoms with E-state index in [1.165, 1.54) is 6.07 Å². The molecule has 0 aliphatic carbocycles. The molecule has 0 aromatic heterocycles. The van der Waals surface area contributed by atoms with Gasteiger partial charge in [0.1, 0.15) is 5.82 Å². The van der Waals surface area contributed by atoms with Gasteiger partial charge in [-0.3, -0.25) is 4.21 Å². The quantitative estimate of drug-likeness (QED) is 0.797. The Morgan fingerprint density at radius 3 is 2.32 bits per heavy atom. The standard InChI is InChI=1S/C15H16F4O2S/c16-13-5-4-9(6-12(13)15(17,18)19)14(20)7-10-2-1-3-11(8-14)22(10)21/h4-6,10-11,20H,1-3,7-8H2. The Balaban J connectivity index is 1.98. The Morgan fingerprint density at radius 1 is 1.18 bits per heavy atom. The van der Waals surface area contributed by atoms with Gasteiger partial charge in [0.05, 0.1) is 11.2 Å². The van der Waals surface area contributed by atoms with Gasteiger partial charge in [-0.15, -0.1) is 0 Å². The molecule has 1 N–H and O–H groups in total. The van der Waals surface area contributed by atoms with Crippen LogP contribution >= 0.6 is 0 Å². The normalized spacial score (nSPS) is 35.4. The monoisotopic (exact) mass is 336 g/mol. The highest BCUT2D eigenvalue weighted by Crippen LogP contribution is 2.45. The maximum absolute atomic E-state index is 13.4. The van der Waals surface area contributed by atoms with Crippen LogP contribution in [0.1, 0.15) is 43.2 Å². The molecule has 2 unspecified atom stereocenters. The lowest BCUT2D eigenvalue weighted by molar-refractivity contribution is -0.140. The van der Waals surface area contributed by atoms with E-state index < -0.39 is 34.0 Å². The fraction of sp³-hybridized carbons (Fsp3) is 0.600. The lowest BCUT2D eigenvalue weighted by Crippen LogP contribution is -2.47. The number of halogens is 4. The van der Waals surface area contributed by atoms with Crippen LogP contribution < -0.4 is 0 Å². The first-order valence-electron chi connectivity index (χ1n) is 7.20. The molecule has 0 saturated carbocycles. The minimum atomic E-state index is -4.80. The first-order chi connectivity index (χ1) is 10.2. The van der Waals surface area contributed by atoms with Crippen LogP contribution in [0.25, 0.3) is 0 Å². The number of aliphatic hydroxyl groups is 1. The molecule has 2 heterocycles. The fourth-order valence-electron chi connectivity index (χ4n) is 3.55. The van der Waals surface area contributed by atoms with Crippen molar-refractivity contribution < 1.29 is 26.9 Å². The van der Waals surface area contributed by atoms with Crippen LogP contribution in [0.15, 0.2) is 18.2 Å². The van der Waals surface area contributed by atoms with Crippen molar-refractivity contribution in [1.29, 1.82) is 0 Å². The van der Waals surface area contributed by atoms with Gasteiger partial charge in [-0.2, -0.15) is 13.2 Å². The molecule has 22 heavy (non-hydrogen) atoms. The number of hydrogen-bond acceptors (Lipinski definition) is 2. The highest BCUT2D eigenvalue weighted by Gasteiger charge is 2.47. The molecule has 0 radical (unpaired) electrons. The molecule has 2 bridgehead atoms. The van der Waals surface area contributed by atoms with Crippen LogP contribution in [-0.4, -0.2) is 19.8 Å². The van der Waals surface area contributed by atoms with Gasteiger partial charge in [-0.25, -0.2) is 4.39 Å². The Hall–Kier alpha value is -0.950. The summed E-state index contributed by atoms with van der Waals surface area (Å²) in [6, 6.07) is 2.64. The molecule has 2 saturated heterocycles. The van der Waals surface area contributed by atoms with Crippen LogP contribution in [0.2, 0.25) is 0 Å². The molecule has 2 aliphatic heterocycles. The molecule has 1 aromatic rings. The molecule has 7 heteroatoms. The molecule has 2 nitrogen and oxygen atoms in total. The summed E-state index contributed by atoms with van der Waals surface area (Å²) in [7, 11) is -1.04. The predicted molar refractivity (Wildman–Crippen MR) is 74.1 cm³/mol. The van der Waals surface area contributed by atoms with E-state index in [-0.39, 0.29) is 28.9 Å². The summed E-state index contributed by atoms with van der Waals surface area (Å²) < 4.78 is 64.1. The predicted octanol–water partition coefficient (Wildman–Crippen LogP) is 3.50. The largest absolute Gasteiger partial charge is 0.419 e. The number of alkyl halides is 3. The summed E-state index contributed by atoms with van der Waals surface area (Å²) in [4.78, 5) is 0. The molecule has 1 aromatic carbocycles. The van der Waals surface area contributed by atoms with Crippen molar-refractivity contribution in [3.63, 3.8) is 0 Å². The van der Waals surface area contributed by atoms with E-state index in [1.807, 2.05) is 0 Å². The van der Waals surface area contributed by atoms with Crippen LogP contribution in [0.3, 0.4) is 0 Å². The molecular weight excluding hydrogens is 320 g/mol. The van der Waals surface area contributed by atoms with Crippen LogP contribution in [0.4, 0.5) is 17.6 Å². The highest BCUT2D eigenvalue weighted by molar-refractivity contribution is 7.86. The number of rotatable bonds is 1. The van der Waals surface area contributed by atoms with Crippen molar-refractivity contribution in [3.05, 3.63) is 35.1 Å². The molecule has 2 atom stereocenters. The van der Waals surface area contributed by atoms with E-state index in [9.17, 15) is 26.9 Å².